The van der Waals surface area contributed by atoms with Crippen molar-refractivity contribution in [2.24, 2.45) is 0 Å². The highest BCUT2D eigenvalue weighted by molar-refractivity contribution is 5.68. The zero-order valence-corrected chi connectivity index (χ0v) is 10.7. The minimum absolute atomic E-state index is 0.133. The molecular weight excluding hydrogens is 287 g/mol. The quantitative estimate of drug-likeness (QED) is 0.922. The molecule has 1 heterocycles. The first kappa shape index (κ1) is 14.6. The summed E-state index contributed by atoms with van der Waals surface area (Å²) < 4.78 is 43.0. The van der Waals surface area contributed by atoms with Crippen molar-refractivity contribution >= 4 is 0 Å². The second kappa shape index (κ2) is 5.28. The number of ether oxygens (including phenoxy) is 1. The fraction of sp³-hybridized carbons (Fsp3) is 0.154. The van der Waals surface area contributed by atoms with Gasteiger partial charge in [-0.25, -0.2) is 4.98 Å². The van der Waals surface area contributed by atoms with Crippen LogP contribution in [0.5, 0.6) is 5.75 Å². The molecule has 1 N–H and O–H groups in total. The molecule has 0 saturated heterocycles. The number of hydrogen-bond acceptors (Lipinski definition) is 4. The van der Waals surface area contributed by atoms with Gasteiger partial charge < -0.3 is 9.72 Å². The average Bonchev–Trinajstić information content (AvgIpc) is 2.45. The standard InChI is InChI=1S/C13H8F3N3O2/c1-21-10-3-2-7(6-17)4-8(10)9-5-11(20)19-12(18-9)13(14,15)16/h2-5H,1H3,(H,18,19,20). The van der Waals surface area contributed by atoms with Crippen LogP contribution in [0.3, 0.4) is 0 Å². The molecule has 5 nitrogen and oxygen atoms in total. The molecule has 0 fully saturated rings. The molecule has 0 atom stereocenters. The van der Waals surface area contributed by atoms with Crippen molar-refractivity contribution in [2.75, 3.05) is 7.11 Å². The summed E-state index contributed by atoms with van der Waals surface area (Å²) in [7, 11) is 1.32. The number of alkyl halides is 3. The van der Waals surface area contributed by atoms with Crippen LogP contribution in [0, 0.1) is 11.3 Å². The molecule has 108 valence electrons. The summed E-state index contributed by atoms with van der Waals surface area (Å²) in [6.45, 7) is 0. The molecule has 8 heteroatoms. The number of aromatic nitrogens is 2. The second-order valence-corrected chi connectivity index (χ2v) is 4.00. The van der Waals surface area contributed by atoms with E-state index in [1.54, 1.807) is 4.98 Å². The minimum atomic E-state index is -4.78. The van der Waals surface area contributed by atoms with E-state index in [0.29, 0.717) is 0 Å². The Labute approximate surface area is 116 Å². The molecule has 21 heavy (non-hydrogen) atoms. The van der Waals surface area contributed by atoms with Crippen molar-refractivity contribution in [2.45, 2.75) is 6.18 Å². The molecule has 2 rings (SSSR count). The number of methoxy groups -OCH3 is 1. The van der Waals surface area contributed by atoms with Crippen molar-refractivity contribution < 1.29 is 17.9 Å². The summed E-state index contributed by atoms with van der Waals surface area (Å²) in [5.41, 5.74) is -0.827. The summed E-state index contributed by atoms with van der Waals surface area (Å²) in [4.78, 5) is 16.4. The Morgan fingerprint density at radius 3 is 2.62 bits per heavy atom. The minimum Gasteiger partial charge on any atom is -0.496 e. The first-order valence-corrected chi connectivity index (χ1v) is 5.62. The first-order valence-electron chi connectivity index (χ1n) is 5.62. The Balaban J connectivity index is 2.70. The van der Waals surface area contributed by atoms with Gasteiger partial charge >= 0.3 is 6.18 Å². The topological polar surface area (TPSA) is 78.8 Å². The monoisotopic (exact) mass is 295 g/mol. The van der Waals surface area contributed by atoms with Gasteiger partial charge in [-0.05, 0) is 18.2 Å². The highest BCUT2D eigenvalue weighted by Crippen LogP contribution is 2.31. The first-order chi connectivity index (χ1) is 9.85. The predicted molar refractivity (Wildman–Crippen MR) is 66.6 cm³/mol. The molecule has 0 unspecified atom stereocenters. The van der Waals surface area contributed by atoms with E-state index in [9.17, 15) is 18.0 Å². The number of halogens is 3. The van der Waals surface area contributed by atoms with Crippen LogP contribution in [0.1, 0.15) is 11.4 Å². The van der Waals surface area contributed by atoms with Gasteiger partial charge in [0, 0.05) is 11.6 Å². The summed E-state index contributed by atoms with van der Waals surface area (Å²) in [6.07, 6.45) is -4.78. The molecule has 0 spiro atoms. The van der Waals surface area contributed by atoms with E-state index in [1.165, 1.54) is 25.3 Å². The number of H-pyrrole nitrogens is 1. The van der Waals surface area contributed by atoms with Crippen molar-refractivity contribution in [1.29, 1.82) is 5.26 Å². The van der Waals surface area contributed by atoms with E-state index in [2.05, 4.69) is 4.98 Å². The van der Waals surface area contributed by atoms with Crippen molar-refractivity contribution in [3.05, 3.63) is 46.0 Å². The molecule has 0 radical (unpaired) electrons. The third-order valence-electron chi connectivity index (χ3n) is 2.61. The van der Waals surface area contributed by atoms with Crippen LogP contribution in [-0.4, -0.2) is 17.1 Å². The van der Waals surface area contributed by atoms with E-state index in [1.807, 2.05) is 6.07 Å². The van der Waals surface area contributed by atoms with Crippen molar-refractivity contribution in [3.8, 4) is 23.1 Å². The molecule has 1 aromatic heterocycles. The van der Waals surface area contributed by atoms with Crippen LogP contribution in [0.15, 0.2) is 29.1 Å². The van der Waals surface area contributed by atoms with E-state index >= 15 is 0 Å². The van der Waals surface area contributed by atoms with Crippen LogP contribution in [0.4, 0.5) is 13.2 Å². The van der Waals surface area contributed by atoms with Gasteiger partial charge in [-0.3, -0.25) is 4.79 Å². The van der Waals surface area contributed by atoms with Gasteiger partial charge in [0.05, 0.1) is 24.4 Å². The maximum atomic E-state index is 12.7. The Kier molecular flexibility index (Phi) is 3.67. The third-order valence-corrected chi connectivity index (χ3v) is 2.61. The molecule has 1 aromatic carbocycles. The summed E-state index contributed by atoms with van der Waals surface area (Å²) in [5, 5.41) is 8.85. The van der Waals surface area contributed by atoms with Gasteiger partial charge in [0.15, 0.2) is 0 Å². The van der Waals surface area contributed by atoms with Gasteiger partial charge in [-0.2, -0.15) is 18.4 Å². The van der Waals surface area contributed by atoms with E-state index in [4.69, 9.17) is 10.00 Å². The Hall–Kier alpha value is -2.82. The third kappa shape index (κ3) is 3.02. The molecule has 0 saturated carbocycles. The van der Waals surface area contributed by atoms with Gasteiger partial charge in [0.1, 0.15) is 5.75 Å². The molecule has 0 bridgehead atoms. The van der Waals surface area contributed by atoms with Crippen molar-refractivity contribution in [3.63, 3.8) is 0 Å². The highest BCUT2D eigenvalue weighted by Gasteiger charge is 2.34. The Morgan fingerprint density at radius 1 is 1.33 bits per heavy atom. The zero-order chi connectivity index (χ0) is 15.6. The highest BCUT2D eigenvalue weighted by atomic mass is 19.4. The smallest absolute Gasteiger partial charge is 0.449 e. The predicted octanol–water partition coefficient (Wildman–Crippen LogP) is 2.34. The number of aromatic amines is 1. The lowest BCUT2D eigenvalue weighted by Crippen LogP contribution is -2.19. The molecular formula is C13H8F3N3O2. The number of nitriles is 1. The number of hydrogen-bond donors (Lipinski definition) is 1. The Bertz CT molecular complexity index is 775. The van der Waals surface area contributed by atoms with Crippen LogP contribution in [-0.2, 0) is 6.18 Å². The zero-order valence-electron chi connectivity index (χ0n) is 10.7. The lowest BCUT2D eigenvalue weighted by molar-refractivity contribution is -0.145. The van der Waals surface area contributed by atoms with E-state index < -0.39 is 17.6 Å². The fourth-order valence-electron chi connectivity index (χ4n) is 1.71. The van der Waals surface area contributed by atoms with Gasteiger partial charge in [0.2, 0.25) is 5.82 Å². The second-order valence-electron chi connectivity index (χ2n) is 4.00. The van der Waals surface area contributed by atoms with E-state index in [-0.39, 0.29) is 22.6 Å². The molecule has 2 aromatic rings. The van der Waals surface area contributed by atoms with Crippen LogP contribution in [0.2, 0.25) is 0 Å². The van der Waals surface area contributed by atoms with Gasteiger partial charge in [-0.15, -0.1) is 0 Å². The molecule has 0 aliphatic carbocycles. The van der Waals surface area contributed by atoms with E-state index in [0.717, 1.165) is 6.07 Å². The SMILES string of the molecule is COc1ccc(C#N)cc1-c1cc(=O)[nH]c(C(F)(F)F)n1. The molecule has 0 aliphatic rings. The average molecular weight is 295 g/mol. The van der Waals surface area contributed by atoms with Gasteiger partial charge in [0.25, 0.3) is 5.56 Å². The normalized spacial score (nSPS) is 11.0. The van der Waals surface area contributed by atoms with Crippen molar-refractivity contribution in [1.82, 2.24) is 9.97 Å². The lowest BCUT2D eigenvalue weighted by atomic mass is 10.1. The maximum absolute atomic E-state index is 12.7. The van der Waals surface area contributed by atoms with Crippen LogP contribution < -0.4 is 10.3 Å². The number of rotatable bonds is 2. The lowest BCUT2D eigenvalue weighted by Gasteiger charge is -2.10. The van der Waals surface area contributed by atoms with Crippen LogP contribution >= 0.6 is 0 Å². The van der Waals surface area contributed by atoms with Crippen LogP contribution in [0.25, 0.3) is 11.3 Å². The summed E-state index contributed by atoms with van der Waals surface area (Å²) >= 11 is 0. The maximum Gasteiger partial charge on any atom is 0.449 e. The molecule has 0 aliphatic heterocycles. The fourth-order valence-corrected chi connectivity index (χ4v) is 1.71. The van der Waals surface area contributed by atoms with Gasteiger partial charge in [-0.1, -0.05) is 0 Å². The summed E-state index contributed by atoms with van der Waals surface area (Å²) in [5.74, 6) is -1.20. The molecule has 0 amide bonds. The number of nitrogens with zero attached hydrogens (tertiary/aromatic N) is 2. The number of nitrogens with one attached hydrogen (secondary N) is 1. The Morgan fingerprint density at radius 2 is 2.05 bits per heavy atom. The summed E-state index contributed by atoms with van der Waals surface area (Å²) in [6, 6.07) is 6.94. The number of benzene rings is 1. The largest absolute Gasteiger partial charge is 0.496 e.